The molecule has 0 aliphatic carbocycles. The van der Waals surface area contributed by atoms with Crippen LogP contribution in [0.15, 0.2) is 0 Å². The summed E-state index contributed by atoms with van der Waals surface area (Å²) in [6.07, 6.45) is 0. The van der Waals surface area contributed by atoms with Gasteiger partial charge in [0.25, 0.3) is 0 Å². The second-order valence-electron chi connectivity index (χ2n) is 0.448. The molecule has 0 saturated heterocycles. The van der Waals surface area contributed by atoms with E-state index in [-0.39, 0.29) is 51.4 Å². The van der Waals surface area contributed by atoms with Crippen LogP contribution in [0.2, 0.25) is 0 Å². The first-order valence-electron chi connectivity index (χ1n) is 1.08. The third kappa shape index (κ3) is 80.1. The molecule has 0 radical (unpaired) electrons. The van der Waals surface area contributed by atoms with Gasteiger partial charge in [-0.1, -0.05) is 0 Å². The van der Waals surface area contributed by atoms with Gasteiger partial charge >= 0.3 is 88.3 Å². The third-order valence-electron chi connectivity index (χ3n) is 0. The molecule has 0 aromatic carbocycles. The first-order valence-corrected chi connectivity index (χ1v) is 3.23. The van der Waals surface area contributed by atoms with E-state index in [0.717, 1.165) is 0 Å². The number of hydrogen-bond donors (Lipinski definition) is 2. The van der Waals surface area contributed by atoms with Gasteiger partial charge in [-0.3, -0.25) is 9.11 Å². The predicted molar refractivity (Wildman–Crippen MR) is 32.9 cm³/mol. The summed E-state index contributed by atoms with van der Waals surface area (Å²) in [5.41, 5.74) is 0. The SMILES string of the molecule is O=S(=O)(O)O.[KH].[Li][Cl]. The molecule has 0 aliphatic heterocycles. The molecule has 0 unspecified atom stereocenters. The fourth-order valence-electron chi connectivity index (χ4n) is 0. The van der Waals surface area contributed by atoms with E-state index in [9.17, 15) is 0 Å². The molecule has 0 aromatic rings. The van der Waals surface area contributed by atoms with Gasteiger partial charge in [0.1, 0.15) is 0 Å². The summed E-state index contributed by atoms with van der Waals surface area (Å²) in [7, 11) is -0.0278. The summed E-state index contributed by atoms with van der Waals surface area (Å²) < 4.78 is 31.6. The molecule has 0 atom stereocenters. The summed E-state index contributed by atoms with van der Waals surface area (Å²) >= 11 is 1.47. The molecule has 0 saturated carbocycles. The van der Waals surface area contributed by atoms with E-state index in [2.05, 4.69) is 9.80 Å². The van der Waals surface area contributed by atoms with E-state index in [1.807, 2.05) is 0 Å². The van der Waals surface area contributed by atoms with Gasteiger partial charge in [0, 0.05) is 0 Å². The van der Waals surface area contributed by atoms with Gasteiger partial charge in [-0.15, -0.1) is 0 Å². The molecule has 0 aliphatic rings. The summed E-state index contributed by atoms with van der Waals surface area (Å²) in [6, 6.07) is 0. The van der Waals surface area contributed by atoms with Crippen molar-refractivity contribution in [3.63, 3.8) is 0 Å². The van der Waals surface area contributed by atoms with E-state index in [4.69, 9.17) is 17.5 Å². The van der Waals surface area contributed by atoms with Crippen molar-refractivity contribution in [2.75, 3.05) is 0 Å². The van der Waals surface area contributed by atoms with Crippen molar-refractivity contribution in [3.05, 3.63) is 0 Å². The van der Waals surface area contributed by atoms with Gasteiger partial charge in [-0.2, -0.15) is 8.42 Å². The molecule has 4 nitrogen and oxygen atoms in total. The number of hydrogen-bond acceptors (Lipinski definition) is 2. The Morgan fingerprint density at radius 1 is 1.25 bits per heavy atom. The Kier molecular flexibility index (Phi) is 19.7. The average Bonchev–Trinajstić information content (AvgIpc) is 1.36. The fraction of sp³-hybridized carbons (Fsp3) is 0. The molecule has 0 amide bonds. The minimum absolute atomic E-state index is 0. The van der Waals surface area contributed by atoms with Crippen molar-refractivity contribution < 1.29 is 17.5 Å². The molecule has 8 heteroatoms. The summed E-state index contributed by atoms with van der Waals surface area (Å²) in [5.74, 6) is 0. The van der Waals surface area contributed by atoms with Crippen LogP contribution in [0.4, 0.5) is 0 Å². The molecular formula is H3ClKLiO4S. The van der Waals surface area contributed by atoms with Gasteiger partial charge in [-0.05, 0) is 0 Å². The summed E-state index contributed by atoms with van der Waals surface area (Å²) in [4.78, 5) is 0. The van der Waals surface area contributed by atoms with Gasteiger partial charge in [0.2, 0.25) is 0 Å². The van der Waals surface area contributed by atoms with E-state index in [1.165, 1.54) is 16.7 Å². The van der Waals surface area contributed by atoms with E-state index < -0.39 is 10.4 Å². The zero-order valence-electron chi connectivity index (χ0n) is 3.50. The van der Waals surface area contributed by atoms with E-state index in [0.29, 0.717) is 0 Å². The molecule has 8 heavy (non-hydrogen) atoms. The van der Waals surface area contributed by atoms with Crippen LogP contribution in [-0.4, -0.2) is 85.7 Å². The molecule has 0 fully saturated rings. The van der Waals surface area contributed by atoms with Crippen molar-refractivity contribution in [2.24, 2.45) is 0 Å². The number of rotatable bonds is 0. The van der Waals surface area contributed by atoms with Crippen molar-refractivity contribution in [2.45, 2.75) is 0 Å². The van der Waals surface area contributed by atoms with Crippen LogP contribution in [0.3, 0.4) is 0 Å². The fourth-order valence-corrected chi connectivity index (χ4v) is 0. The molecule has 0 heterocycles. The van der Waals surface area contributed by atoms with Crippen LogP contribution in [0, 0.1) is 0 Å². The molecule has 0 spiro atoms. The molecule has 0 aromatic heterocycles. The van der Waals surface area contributed by atoms with Crippen molar-refractivity contribution in [1.82, 2.24) is 0 Å². The average molecular weight is 181 g/mol. The van der Waals surface area contributed by atoms with Gasteiger partial charge in [0.05, 0.1) is 0 Å². The Labute approximate surface area is 104 Å². The van der Waals surface area contributed by atoms with Gasteiger partial charge in [0.15, 0.2) is 0 Å². The van der Waals surface area contributed by atoms with Crippen molar-refractivity contribution in [3.8, 4) is 0 Å². The Morgan fingerprint density at radius 3 is 1.25 bits per heavy atom. The second-order valence-corrected chi connectivity index (χ2v) is 1.34. The normalized spacial score (nSPS) is 8.12. The van der Waals surface area contributed by atoms with Crippen LogP contribution in [0.25, 0.3) is 0 Å². The standard InChI is InChI=1S/ClH.K.Li.H2O4S.H/c;;;1-5(2,3)4;/h1H;;;(H2,1,2,3,4);/q;;+1;;/p-1. The topological polar surface area (TPSA) is 74.6 Å². The van der Waals surface area contributed by atoms with Crippen LogP contribution in [-0.2, 0) is 10.4 Å². The number of halogens is 1. The predicted octanol–water partition coefficient (Wildman–Crippen LogP) is -0.993. The van der Waals surface area contributed by atoms with Crippen LogP contribution in [0.5, 0.6) is 0 Å². The quantitative estimate of drug-likeness (QED) is 0.371. The van der Waals surface area contributed by atoms with Crippen molar-refractivity contribution in [1.29, 1.82) is 0 Å². The summed E-state index contributed by atoms with van der Waals surface area (Å²) in [5, 5.41) is 0. The van der Waals surface area contributed by atoms with Crippen LogP contribution in [0.1, 0.15) is 0 Å². The van der Waals surface area contributed by atoms with Crippen molar-refractivity contribution >= 4 is 88.3 Å². The molecule has 2 N–H and O–H groups in total. The van der Waals surface area contributed by atoms with Gasteiger partial charge in [-0.25, -0.2) is 0 Å². The van der Waals surface area contributed by atoms with Crippen LogP contribution >= 0.6 is 9.80 Å². The zero-order chi connectivity index (χ0) is 6.50. The maximum absolute atomic E-state index is 8.74. The summed E-state index contributed by atoms with van der Waals surface area (Å²) in [6.45, 7) is 0. The Morgan fingerprint density at radius 2 is 1.25 bits per heavy atom. The first-order chi connectivity index (χ1) is 3.00. The maximum atomic E-state index is 8.74. The Bertz CT molecular complexity index is 99.2. The van der Waals surface area contributed by atoms with E-state index >= 15 is 0 Å². The monoisotopic (exact) mass is 180 g/mol. The van der Waals surface area contributed by atoms with Crippen LogP contribution < -0.4 is 0 Å². The second kappa shape index (κ2) is 9.39. The van der Waals surface area contributed by atoms with E-state index in [1.54, 1.807) is 0 Å². The molecule has 0 rings (SSSR count). The first kappa shape index (κ1) is 16.8. The minimum atomic E-state index is -4.67. The van der Waals surface area contributed by atoms with Gasteiger partial charge < -0.3 is 0 Å². The zero-order valence-corrected chi connectivity index (χ0v) is 5.07. The molecule has 0 bridgehead atoms. The third-order valence-corrected chi connectivity index (χ3v) is 0. The Hall–Kier alpha value is 2.39. The molecular weight excluding hydrogens is 178 g/mol. The molecule has 42 valence electrons. The Balaban J connectivity index is -0.0000000750.